The highest BCUT2D eigenvalue weighted by atomic mass is 16.7. The summed E-state index contributed by atoms with van der Waals surface area (Å²) in [7, 11) is 4.56. The predicted molar refractivity (Wildman–Crippen MR) is 149 cm³/mol. The number of ether oxygens (including phenoxy) is 6. The average molecular weight is 573 g/mol. The van der Waals surface area contributed by atoms with Crippen molar-refractivity contribution in [1.29, 1.82) is 0 Å². The van der Waals surface area contributed by atoms with Crippen LogP contribution in [-0.4, -0.2) is 92.1 Å². The number of carbonyl (C=O) groups is 2. The molecular weight excluding hydrogens is 532 g/mol. The number of methoxy groups -OCH3 is 3. The van der Waals surface area contributed by atoms with Crippen molar-refractivity contribution in [2.24, 2.45) is 0 Å². The first kappa shape index (κ1) is 30.3. The fourth-order valence-electron chi connectivity index (χ4n) is 5.54. The van der Waals surface area contributed by atoms with Crippen LogP contribution < -0.4 is 14.2 Å². The number of rotatable bonds is 10. The number of fused-ring (bicyclic) bond motifs is 1. The van der Waals surface area contributed by atoms with Crippen molar-refractivity contribution in [2.75, 3.05) is 41.3 Å². The number of piperazine rings is 1. The van der Waals surface area contributed by atoms with Gasteiger partial charge < -0.3 is 38.4 Å². The van der Waals surface area contributed by atoms with Gasteiger partial charge in [-0.05, 0) is 39.3 Å². The fourth-order valence-corrected chi connectivity index (χ4v) is 5.54. The molecule has 0 unspecified atom stereocenters. The molecule has 4 rings (SSSR count). The number of aliphatic hydroxyl groups excluding tert-OH is 1. The first-order valence-electron chi connectivity index (χ1n) is 13.5. The molecule has 2 saturated heterocycles. The van der Waals surface area contributed by atoms with Crippen LogP contribution in [0, 0.1) is 6.92 Å². The normalized spacial score (nSPS) is 20.2. The Hall–Kier alpha value is -3.70. The third-order valence-corrected chi connectivity index (χ3v) is 7.34. The second-order valence-corrected chi connectivity index (χ2v) is 11.1. The van der Waals surface area contributed by atoms with Crippen LogP contribution in [0.2, 0.25) is 0 Å². The molecule has 2 aliphatic heterocycles. The lowest BCUT2D eigenvalue weighted by atomic mass is 9.88. The van der Waals surface area contributed by atoms with Crippen LogP contribution in [0.5, 0.6) is 17.2 Å². The third-order valence-electron chi connectivity index (χ3n) is 7.34. The lowest BCUT2D eigenvalue weighted by Gasteiger charge is -2.36. The molecule has 224 valence electrons. The van der Waals surface area contributed by atoms with E-state index >= 15 is 0 Å². The lowest BCUT2D eigenvalue weighted by molar-refractivity contribution is 0.0106. The number of amides is 2. The number of likely N-dealkylation sites (tertiary alicyclic amines) is 1. The molecule has 0 saturated carbocycles. The summed E-state index contributed by atoms with van der Waals surface area (Å²) in [5.74, 6) is 0.606. The number of hydrogen-bond donors (Lipinski definition) is 1. The Morgan fingerprint density at radius 3 is 2.34 bits per heavy atom. The maximum absolute atomic E-state index is 13.4. The van der Waals surface area contributed by atoms with Crippen LogP contribution in [0.3, 0.4) is 0 Å². The highest BCUT2D eigenvalue weighted by Crippen LogP contribution is 2.51. The number of carbonyl (C=O) groups excluding carboxylic acids is 2. The van der Waals surface area contributed by atoms with Crippen molar-refractivity contribution < 1.29 is 43.1 Å². The largest absolute Gasteiger partial charge is 0.496 e. The Morgan fingerprint density at radius 1 is 1.05 bits per heavy atom. The smallest absolute Gasteiger partial charge is 0.410 e. The monoisotopic (exact) mass is 572 g/mol. The van der Waals surface area contributed by atoms with E-state index < -0.39 is 35.8 Å². The molecule has 2 fully saturated rings. The molecule has 0 aliphatic carbocycles. The van der Waals surface area contributed by atoms with Gasteiger partial charge in [0.05, 0.1) is 39.0 Å². The van der Waals surface area contributed by atoms with Crippen molar-refractivity contribution in [3.8, 4) is 17.2 Å². The Kier molecular flexibility index (Phi) is 9.18. The van der Waals surface area contributed by atoms with Crippen molar-refractivity contribution in [3.63, 3.8) is 0 Å². The van der Waals surface area contributed by atoms with E-state index in [0.717, 1.165) is 5.56 Å². The molecule has 11 nitrogen and oxygen atoms in total. The number of nitrogens with zero attached hydrogens (tertiary/aromatic N) is 2. The van der Waals surface area contributed by atoms with E-state index in [1.807, 2.05) is 37.3 Å². The molecule has 0 radical (unpaired) electrons. The maximum atomic E-state index is 13.4. The third kappa shape index (κ3) is 6.31. The van der Waals surface area contributed by atoms with Crippen LogP contribution in [0.4, 0.5) is 9.59 Å². The minimum absolute atomic E-state index is 0.0717. The zero-order valence-electron chi connectivity index (χ0n) is 24.7. The van der Waals surface area contributed by atoms with E-state index in [1.165, 1.54) is 14.2 Å². The summed E-state index contributed by atoms with van der Waals surface area (Å²) in [4.78, 5) is 29.8. The van der Waals surface area contributed by atoms with Crippen molar-refractivity contribution in [1.82, 2.24) is 9.80 Å². The van der Waals surface area contributed by atoms with E-state index in [4.69, 9.17) is 28.4 Å². The number of hydrogen-bond acceptors (Lipinski definition) is 9. The molecule has 0 aromatic heterocycles. The lowest BCUT2D eigenvalue weighted by Crippen LogP contribution is -2.49. The van der Waals surface area contributed by atoms with Crippen molar-refractivity contribution in [2.45, 2.75) is 63.9 Å². The summed E-state index contributed by atoms with van der Waals surface area (Å²) in [5.41, 5.74) is 1.38. The molecular formula is C30H40N2O9. The van der Waals surface area contributed by atoms with E-state index in [0.29, 0.717) is 28.4 Å². The predicted octanol–water partition coefficient (Wildman–Crippen LogP) is 4.08. The molecule has 1 N–H and O–H groups in total. The summed E-state index contributed by atoms with van der Waals surface area (Å²) < 4.78 is 33.8. The maximum Gasteiger partial charge on any atom is 0.410 e. The van der Waals surface area contributed by atoms with E-state index in [2.05, 4.69) is 0 Å². The first-order chi connectivity index (χ1) is 19.6. The van der Waals surface area contributed by atoms with Gasteiger partial charge in [0.15, 0.2) is 18.3 Å². The zero-order valence-corrected chi connectivity index (χ0v) is 24.7. The van der Waals surface area contributed by atoms with Crippen molar-refractivity contribution >= 4 is 12.2 Å². The summed E-state index contributed by atoms with van der Waals surface area (Å²) >= 11 is 0. The fraction of sp³-hybridized carbons (Fsp3) is 0.533. The van der Waals surface area contributed by atoms with Gasteiger partial charge in [0.2, 0.25) is 0 Å². The molecule has 0 bridgehead atoms. The number of benzene rings is 2. The van der Waals surface area contributed by atoms with E-state index in [-0.39, 0.29) is 32.6 Å². The molecule has 11 heteroatoms. The van der Waals surface area contributed by atoms with Gasteiger partial charge in [0.1, 0.15) is 18.0 Å². The second kappa shape index (κ2) is 12.4. The quantitative estimate of drug-likeness (QED) is 0.332. The Bertz CT molecular complexity index is 1230. The second-order valence-electron chi connectivity index (χ2n) is 11.1. The highest BCUT2D eigenvalue weighted by molar-refractivity contribution is 5.76. The summed E-state index contributed by atoms with van der Waals surface area (Å²) in [6.45, 7) is 7.13. The molecule has 2 amide bonds. The summed E-state index contributed by atoms with van der Waals surface area (Å²) in [5, 5.41) is 10.8. The molecule has 4 atom stereocenters. The summed E-state index contributed by atoms with van der Waals surface area (Å²) in [6.07, 6.45) is -1.01. The van der Waals surface area contributed by atoms with Gasteiger partial charge in [0, 0.05) is 30.7 Å². The zero-order chi connectivity index (χ0) is 29.9. The molecule has 41 heavy (non-hydrogen) atoms. The van der Waals surface area contributed by atoms with Gasteiger partial charge in [-0.25, -0.2) is 9.59 Å². The molecule has 0 spiro atoms. The minimum Gasteiger partial charge on any atom is -0.496 e. The Balaban J connectivity index is 1.71. The minimum atomic E-state index is -0.736. The summed E-state index contributed by atoms with van der Waals surface area (Å²) in [6, 6.07) is 9.84. The highest BCUT2D eigenvalue weighted by Gasteiger charge is 2.66. The average Bonchev–Trinajstić information content (AvgIpc) is 3.52. The molecule has 2 aromatic rings. The van der Waals surface area contributed by atoms with Crippen LogP contribution in [0.15, 0.2) is 36.4 Å². The van der Waals surface area contributed by atoms with Gasteiger partial charge in [0.25, 0.3) is 0 Å². The van der Waals surface area contributed by atoms with Gasteiger partial charge in [-0.3, -0.25) is 4.90 Å². The van der Waals surface area contributed by atoms with Crippen LogP contribution in [0.25, 0.3) is 0 Å². The molecule has 2 aliphatic rings. The first-order valence-corrected chi connectivity index (χ1v) is 13.5. The van der Waals surface area contributed by atoms with Crippen LogP contribution in [-0.2, 0) is 20.8 Å². The van der Waals surface area contributed by atoms with Crippen LogP contribution >= 0.6 is 0 Å². The molecule has 2 aromatic carbocycles. The van der Waals surface area contributed by atoms with Gasteiger partial charge >= 0.3 is 12.2 Å². The van der Waals surface area contributed by atoms with Gasteiger partial charge in [-0.2, -0.15) is 0 Å². The van der Waals surface area contributed by atoms with E-state index in [9.17, 15) is 14.7 Å². The Labute approximate surface area is 240 Å². The molecule has 2 heterocycles. The van der Waals surface area contributed by atoms with Gasteiger partial charge in [-0.1, -0.05) is 30.3 Å². The SMILES string of the molecule is COCOc1c([C@@H](CO)[C@H]2[C@@H]3[C@H](CN2C(=O)OC(C)(C)C)N3C(=O)OCc2ccccc2)cc(OC)c(C)c1OC. The van der Waals surface area contributed by atoms with Crippen molar-refractivity contribution in [3.05, 3.63) is 53.1 Å². The topological polar surface area (TPSA) is 116 Å². The van der Waals surface area contributed by atoms with Crippen LogP contribution in [0.1, 0.15) is 43.4 Å². The standard InChI is InChI=1S/C30H40N2O9/c1-18-23(37-6)13-20(27(26(18)38-7)40-17-36-5)21(15-33)24-25-22(14-31(24)28(34)41-30(2,3)4)32(25)29(35)39-16-19-11-9-8-10-12-19/h8-13,21-22,24-25,33H,14-17H2,1-7H3/t21-,22+,24+,25+,32?/m1/s1. The van der Waals surface area contributed by atoms with Gasteiger partial charge in [-0.15, -0.1) is 0 Å². The number of aliphatic hydroxyl groups is 1. The Morgan fingerprint density at radius 2 is 1.76 bits per heavy atom. The van der Waals surface area contributed by atoms with E-state index in [1.54, 1.807) is 43.7 Å².